The number of ether oxygens (including phenoxy) is 1. The van der Waals surface area contributed by atoms with Crippen molar-refractivity contribution in [2.45, 2.75) is 27.4 Å². The number of aryl methyl sites for hydroxylation is 3. The van der Waals surface area contributed by atoms with Crippen LogP contribution in [-0.4, -0.2) is 35.3 Å². The summed E-state index contributed by atoms with van der Waals surface area (Å²) in [7, 11) is 3.59. The number of hydrogen-bond donors (Lipinski definition) is 0. The van der Waals surface area contributed by atoms with Crippen molar-refractivity contribution >= 4 is 12.2 Å². The van der Waals surface area contributed by atoms with Gasteiger partial charge in [0.1, 0.15) is 6.61 Å². The van der Waals surface area contributed by atoms with E-state index in [1.807, 2.05) is 13.8 Å². The minimum atomic E-state index is -0.585. The molecule has 0 bridgehead atoms. The maximum Gasteiger partial charge on any atom is 0.318 e. The zero-order valence-electron chi connectivity index (χ0n) is 14.1. The highest BCUT2D eigenvalue weighted by molar-refractivity contribution is 5.59. The quantitative estimate of drug-likeness (QED) is 0.627. The van der Waals surface area contributed by atoms with E-state index < -0.39 is 5.82 Å². The molecule has 2 aromatic rings. The highest BCUT2D eigenvalue weighted by Gasteiger charge is 2.09. The second kappa shape index (κ2) is 7.17. The fourth-order valence-electron chi connectivity index (χ4n) is 2.25. The van der Waals surface area contributed by atoms with Crippen LogP contribution in [0, 0.1) is 26.6 Å². The highest BCUT2D eigenvalue weighted by atomic mass is 19.1. The predicted molar refractivity (Wildman–Crippen MR) is 88.8 cm³/mol. The van der Waals surface area contributed by atoms with Gasteiger partial charge in [0.25, 0.3) is 0 Å². The van der Waals surface area contributed by atoms with Gasteiger partial charge in [-0.15, -0.1) is 0 Å². The van der Waals surface area contributed by atoms with Crippen molar-refractivity contribution in [3.8, 4) is 6.01 Å². The van der Waals surface area contributed by atoms with Crippen LogP contribution < -0.4 is 4.74 Å². The number of halogens is 1. The molecule has 0 N–H and O–H groups in total. The van der Waals surface area contributed by atoms with Crippen LogP contribution in [0.3, 0.4) is 0 Å². The van der Waals surface area contributed by atoms with Gasteiger partial charge in [-0.3, -0.25) is 0 Å². The molecule has 0 aliphatic carbocycles. The van der Waals surface area contributed by atoms with Gasteiger partial charge in [0.15, 0.2) is 11.6 Å². The molecule has 2 rings (SSSR count). The molecule has 0 fully saturated rings. The van der Waals surface area contributed by atoms with E-state index in [1.165, 1.54) is 11.9 Å². The Labute approximate surface area is 135 Å². The summed E-state index contributed by atoms with van der Waals surface area (Å²) in [6.07, 6.45) is 2.54. The Morgan fingerprint density at radius 1 is 1.22 bits per heavy atom. The van der Waals surface area contributed by atoms with Gasteiger partial charge in [0.2, 0.25) is 0 Å². The van der Waals surface area contributed by atoms with E-state index in [1.54, 1.807) is 19.0 Å². The smallest absolute Gasteiger partial charge is 0.318 e. The summed E-state index contributed by atoms with van der Waals surface area (Å²) in [5.74, 6) is -0.626. The minimum Gasteiger partial charge on any atom is -0.459 e. The second-order valence-corrected chi connectivity index (χ2v) is 5.70. The normalized spacial score (nSPS) is 11.0. The van der Waals surface area contributed by atoms with Crippen molar-refractivity contribution in [3.63, 3.8) is 0 Å². The fourth-order valence-corrected chi connectivity index (χ4v) is 2.25. The summed E-state index contributed by atoms with van der Waals surface area (Å²) in [6.45, 7) is 6.47. The molecule has 1 aromatic heterocycles. The zero-order valence-corrected chi connectivity index (χ0v) is 14.1. The van der Waals surface area contributed by atoms with Gasteiger partial charge < -0.3 is 9.64 Å². The molecule has 122 valence electrons. The molecule has 1 heterocycles. The van der Waals surface area contributed by atoms with E-state index in [4.69, 9.17) is 4.74 Å². The molecule has 0 saturated heterocycles. The van der Waals surface area contributed by atoms with Gasteiger partial charge in [-0.1, -0.05) is 17.7 Å². The molecule has 0 aliphatic rings. The minimum absolute atomic E-state index is 0.0407. The first-order valence-corrected chi connectivity index (χ1v) is 7.29. The molecule has 0 atom stereocenters. The lowest BCUT2D eigenvalue weighted by atomic mass is 10.0. The lowest BCUT2D eigenvalue weighted by Crippen LogP contribution is -2.08. The summed E-state index contributed by atoms with van der Waals surface area (Å²) in [5, 5.41) is 0. The van der Waals surface area contributed by atoms with Gasteiger partial charge in [-0.05, 0) is 37.5 Å². The maximum absolute atomic E-state index is 13.6. The van der Waals surface area contributed by atoms with Crippen molar-refractivity contribution in [2.75, 3.05) is 14.1 Å². The number of nitrogens with zero attached hydrogens (tertiary/aromatic N) is 4. The molecule has 0 amide bonds. The van der Waals surface area contributed by atoms with Gasteiger partial charge in [-0.25, -0.2) is 14.4 Å². The number of benzene rings is 1. The molecule has 6 heteroatoms. The molecule has 23 heavy (non-hydrogen) atoms. The molecule has 5 nitrogen and oxygen atoms in total. The highest BCUT2D eigenvalue weighted by Crippen LogP contribution is 2.20. The van der Waals surface area contributed by atoms with Crippen LogP contribution in [0.1, 0.15) is 22.3 Å². The first-order valence-electron chi connectivity index (χ1n) is 7.29. The third kappa shape index (κ3) is 4.48. The van der Waals surface area contributed by atoms with Crippen LogP contribution in [0.25, 0.3) is 0 Å². The zero-order chi connectivity index (χ0) is 17.0. The predicted octanol–water partition coefficient (Wildman–Crippen LogP) is 3.34. The van der Waals surface area contributed by atoms with Crippen LogP contribution in [0.5, 0.6) is 6.01 Å². The lowest BCUT2D eigenvalue weighted by Gasteiger charge is -2.12. The van der Waals surface area contributed by atoms with Crippen LogP contribution in [-0.2, 0) is 6.61 Å². The van der Waals surface area contributed by atoms with Gasteiger partial charge in [0, 0.05) is 14.1 Å². The number of aliphatic imine (C=N–C) groups is 1. The van der Waals surface area contributed by atoms with E-state index in [-0.39, 0.29) is 11.8 Å². The Kier molecular flexibility index (Phi) is 5.26. The van der Waals surface area contributed by atoms with Crippen LogP contribution in [0.2, 0.25) is 0 Å². The van der Waals surface area contributed by atoms with Crippen LogP contribution in [0.4, 0.5) is 10.2 Å². The fraction of sp³-hybridized carbons (Fsp3) is 0.353. The first-order chi connectivity index (χ1) is 10.9. The Bertz CT molecular complexity index is 706. The molecular formula is C17H21FN4O. The summed E-state index contributed by atoms with van der Waals surface area (Å²) < 4.78 is 19.3. The molecule has 0 saturated carbocycles. The van der Waals surface area contributed by atoms with Gasteiger partial charge in [0.05, 0.1) is 12.5 Å². The third-order valence-corrected chi connectivity index (χ3v) is 3.30. The first kappa shape index (κ1) is 16.9. The summed E-state index contributed by atoms with van der Waals surface area (Å²) >= 11 is 0. The van der Waals surface area contributed by atoms with Crippen molar-refractivity contribution in [3.05, 3.63) is 46.4 Å². The van der Waals surface area contributed by atoms with E-state index in [9.17, 15) is 4.39 Å². The number of aromatic nitrogens is 2. The number of hydrogen-bond acceptors (Lipinski definition) is 4. The van der Waals surface area contributed by atoms with E-state index in [0.29, 0.717) is 6.61 Å². The van der Waals surface area contributed by atoms with E-state index in [0.717, 1.165) is 22.9 Å². The van der Waals surface area contributed by atoms with Crippen LogP contribution in [0.15, 0.2) is 23.3 Å². The molecular weight excluding hydrogens is 295 g/mol. The monoisotopic (exact) mass is 316 g/mol. The Hall–Kier alpha value is -2.50. The Morgan fingerprint density at radius 3 is 2.48 bits per heavy atom. The third-order valence-electron chi connectivity index (χ3n) is 3.30. The number of rotatable bonds is 5. The molecule has 0 spiro atoms. The molecule has 1 aromatic carbocycles. The summed E-state index contributed by atoms with van der Waals surface area (Å²) in [5.41, 5.74) is 4.59. The largest absolute Gasteiger partial charge is 0.459 e. The van der Waals surface area contributed by atoms with Gasteiger partial charge >= 0.3 is 6.01 Å². The molecule has 0 radical (unpaired) electrons. The Balaban J connectivity index is 2.17. The Morgan fingerprint density at radius 2 is 1.87 bits per heavy atom. The van der Waals surface area contributed by atoms with Crippen molar-refractivity contribution in [1.82, 2.24) is 14.9 Å². The average molecular weight is 316 g/mol. The van der Waals surface area contributed by atoms with Crippen molar-refractivity contribution in [2.24, 2.45) is 4.99 Å². The lowest BCUT2D eigenvalue weighted by molar-refractivity contribution is 0.278. The topological polar surface area (TPSA) is 50.6 Å². The van der Waals surface area contributed by atoms with Crippen LogP contribution >= 0.6 is 0 Å². The SMILES string of the molecule is Cc1cc(C)c(COc2ncc(F)c(N=CN(C)C)n2)c(C)c1. The summed E-state index contributed by atoms with van der Waals surface area (Å²) in [4.78, 5) is 13.5. The molecule has 0 aliphatic heterocycles. The van der Waals surface area contributed by atoms with E-state index >= 15 is 0 Å². The van der Waals surface area contributed by atoms with Crippen molar-refractivity contribution in [1.29, 1.82) is 0 Å². The maximum atomic E-state index is 13.6. The molecule has 0 unspecified atom stereocenters. The summed E-state index contributed by atoms with van der Waals surface area (Å²) in [6, 6.07) is 4.31. The van der Waals surface area contributed by atoms with E-state index in [2.05, 4.69) is 34.0 Å². The van der Waals surface area contributed by atoms with Crippen molar-refractivity contribution < 1.29 is 9.13 Å². The van der Waals surface area contributed by atoms with Gasteiger partial charge in [-0.2, -0.15) is 4.98 Å². The average Bonchev–Trinajstić information content (AvgIpc) is 2.46. The second-order valence-electron chi connectivity index (χ2n) is 5.70. The standard InChI is InChI=1S/C17H21FN4O/c1-11-6-12(2)14(13(3)7-11)9-23-17-19-8-15(18)16(21-17)20-10-22(4)5/h6-8,10H,9H2,1-5H3.